The molecule has 0 spiro atoms. The van der Waals surface area contributed by atoms with Gasteiger partial charge < -0.3 is 20.7 Å². The van der Waals surface area contributed by atoms with E-state index < -0.39 is 28.0 Å². The number of nitrogens with zero attached hydrogens (tertiary/aromatic N) is 1. The van der Waals surface area contributed by atoms with Crippen LogP contribution in [-0.4, -0.2) is 35.2 Å². The third-order valence-electron chi connectivity index (χ3n) is 7.77. The van der Waals surface area contributed by atoms with Crippen molar-refractivity contribution < 1.29 is 28.8 Å². The van der Waals surface area contributed by atoms with Crippen molar-refractivity contribution in [3.8, 4) is 0 Å². The maximum absolute atomic E-state index is 13.6. The Bertz CT molecular complexity index is 2070. The monoisotopic (exact) mass is 728 g/mol. The largest absolute Gasteiger partial charge is 0.462 e. The molecule has 268 valence electrons. The Morgan fingerprint density at radius 1 is 0.755 bits per heavy atom. The quantitative estimate of drug-likeness (QED) is 0.0242. The molecule has 0 aliphatic rings. The van der Waals surface area contributed by atoms with Crippen LogP contribution in [-0.2, 0) is 14.3 Å². The Balaban J connectivity index is 1.29. The maximum atomic E-state index is 13.6. The maximum Gasteiger partial charge on any atom is 0.338 e. The fourth-order valence-electron chi connectivity index (χ4n) is 4.94. The van der Waals surface area contributed by atoms with Gasteiger partial charge in [-0.2, -0.15) is 0 Å². The van der Waals surface area contributed by atoms with Crippen molar-refractivity contribution >= 4 is 58.6 Å². The highest BCUT2D eigenvalue weighted by Crippen LogP contribution is 2.37. The van der Waals surface area contributed by atoms with Gasteiger partial charge in [-0.3, -0.25) is 24.5 Å². The second-order valence-corrected chi connectivity index (χ2v) is 12.8. The van der Waals surface area contributed by atoms with Crippen LogP contribution in [0.4, 0.5) is 17.1 Å². The molecule has 11 nitrogen and oxygen atoms in total. The molecule has 12 heteroatoms. The Kier molecular flexibility index (Phi) is 13.3. The van der Waals surface area contributed by atoms with Gasteiger partial charge in [-0.15, -0.1) is 11.8 Å². The van der Waals surface area contributed by atoms with Gasteiger partial charge in [-0.05, 0) is 96.4 Å². The summed E-state index contributed by atoms with van der Waals surface area (Å²) >= 11 is 1.32. The topological polar surface area (TPSA) is 157 Å². The van der Waals surface area contributed by atoms with Gasteiger partial charge in [-0.1, -0.05) is 61.9 Å². The molecule has 0 heterocycles. The van der Waals surface area contributed by atoms with Gasteiger partial charge in [0.15, 0.2) is 0 Å². The minimum Gasteiger partial charge on any atom is -0.462 e. The van der Waals surface area contributed by atoms with E-state index in [4.69, 9.17) is 4.74 Å². The number of hydrogen-bond donors (Lipinski definition) is 3. The molecule has 5 aromatic carbocycles. The second-order valence-electron chi connectivity index (χ2n) is 11.7. The minimum atomic E-state index is -0.639. The highest BCUT2D eigenvalue weighted by Gasteiger charge is 2.23. The van der Waals surface area contributed by atoms with E-state index in [2.05, 4.69) is 16.0 Å². The molecular formula is C41H36N4O7S. The summed E-state index contributed by atoms with van der Waals surface area (Å²) < 4.78 is 5.27. The van der Waals surface area contributed by atoms with Crippen molar-refractivity contribution in [2.45, 2.75) is 29.9 Å². The highest BCUT2D eigenvalue weighted by molar-refractivity contribution is 8.00. The predicted octanol–water partition coefficient (Wildman–Crippen LogP) is 8.43. The molecule has 0 saturated carbocycles. The summed E-state index contributed by atoms with van der Waals surface area (Å²) in [5.74, 6) is -1.81. The van der Waals surface area contributed by atoms with Crippen molar-refractivity contribution in [1.29, 1.82) is 0 Å². The first-order valence-electron chi connectivity index (χ1n) is 16.7. The van der Waals surface area contributed by atoms with Gasteiger partial charge in [0, 0.05) is 34.0 Å². The number of hydrogen-bond acceptors (Lipinski definition) is 8. The van der Waals surface area contributed by atoms with Gasteiger partial charge in [0.25, 0.3) is 17.5 Å². The first-order valence-corrected chi connectivity index (χ1v) is 17.6. The van der Waals surface area contributed by atoms with Crippen LogP contribution in [0.1, 0.15) is 56.9 Å². The normalized spacial score (nSPS) is 11.5. The number of benzene rings is 5. The highest BCUT2D eigenvalue weighted by atomic mass is 32.2. The number of non-ortho nitro benzene ring substituents is 1. The van der Waals surface area contributed by atoms with Gasteiger partial charge in [0.2, 0.25) is 5.91 Å². The predicted molar refractivity (Wildman–Crippen MR) is 205 cm³/mol. The second kappa shape index (κ2) is 18.6. The zero-order chi connectivity index (χ0) is 37.6. The molecule has 3 amide bonds. The number of ether oxygens (including phenoxy) is 1. The number of nitrogens with one attached hydrogen (secondary N) is 3. The van der Waals surface area contributed by atoms with Crippen LogP contribution in [0.2, 0.25) is 0 Å². The van der Waals surface area contributed by atoms with Crippen LogP contribution in [0.5, 0.6) is 0 Å². The van der Waals surface area contributed by atoms with Gasteiger partial charge in [-0.25, -0.2) is 4.79 Å². The molecular weight excluding hydrogens is 693 g/mol. The minimum absolute atomic E-state index is 0.0756. The molecule has 3 N–H and O–H groups in total. The molecule has 0 aliphatic heterocycles. The Morgan fingerprint density at radius 2 is 1.36 bits per heavy atom. The standard InChI is InChI=1S/C41H36N4O7S/c1-2-3-26-52-41(49)31-16-18-32(19-17-31)43-40(48)37(29-10-6-4-7-11-29)53-35-24-20-33(21-25-35)42-39(47)36(44-38(46)30-12-8-5-9-13-30)27-28-14-22-34(23-15-28)45(50)51/h4-25,27,37H,2-3,26H2,1H3,(H,42,47)(H,43,48)(H,44,46)/b36-27-. The lowest BCUT2D eigenvalue weighted by atomic mass is 10.1. The van der Waals surface area contributed by atoms with E-state index in [1.165, 1.54) is 42.1 Å². The average Bonchev–Trinajstić information content (AvgIpc) is 3.18. The van der Waals surface area contributed by atoms with Crippen LogP contribution in [0.25, 0.3) is 6.08 Å². The third kappa shape index (κ3) is 11.0. The van der Waals surface area contributed by atoms with Crippen molar-refractivity contribution in [1.82, 2.24) is 5.32 Å². The fourth-order valence-corrected chi connectivity index (χ4v) is 5.97. The van der Waals surface area contributed by atoms with Crippen LogP contribution in [0, 0.1) is 10.1 Å². The summed E-state index contributed by atoms with van der Waals surface area (Å²) in [6.07, 6.45) is 3.14. The number of unbranched alkanes of at least 4 members (excludes halogenated alkanes) is 1. The van der Waals surface area contributed by atoms with E-state index in [9.17, 15) is 29.3 Å². The van der Waals surface area contributed by atoms with Crippen LogP contribution < -0.4 is 16.0 Å². The lowest BCUT2D eigenvalue weighted by molar-refractivity contribution is -0.384. The molecule has 0 aliphatic carbocycles. The van der Waals surface area contributed by atoms with E-state index in [0.29, 0.717) is 34.7 Å². The molecule has 1 atom stereocenters. The third-order valence-corrected chi connectivity index (χ3v) is 9.04. The number of rotatable bonds is 15. The summed E-state index contributed by atoms with van der Waals surface area (Å²) in [6.45, 7) is 2.37. The van der Waals surface area contributed by atoms with E-state index in [0.717, 1.165) is 23.3 Å². The lowest BCUT2D eigenvalue weighted by Gasteiger charge is -2.18. The SMILES string of the molecule is CCCCOC(=O)c1ccc(NC(=O)C(Sc2ccc(NC(=O)/C(=C/c3ccc([N+](=O)[O-])cc3)NC(=O)c3ccccc3)cc2)c2ccccc2)cc1. The Morgan fingerprint density at radius 3 is 1.98 bits per heavy atom. The number of thioether (sulfide) groups is 1. The first kappa shape index (κ1) is 37.7. The molecule has 1 unspecified atom stereocenters. The number of carbonyl (C=O) groups is 4. The van der Waals surface area contributed by atoms with E-state index in [1.807, 2.05) is 37.3 Å². The number of nitro groups is 1. The number of amides is 3. The van der Waals surface area contributed by atoms with Crippen molar-refractivity contribution in [3.05, 3.63) is 172 Å². The summed E-state index contributed by atoms with van der Waals surface area (Å²) in [5, 5.41) is 18.9. The van der Waals surface area contributed by atoms with E-state index >= 15 is 0 Å². The first-order chi connectivity index (χ1) is 25.7. The molecule has 0 bridgehead atoms. The number of esters is 1. The summed E-state index contributed by atoms with van der Waals surface area (Å²) in [5.41, 5.74) is 2.75. The number of nitro benzene ring substituents is 1. The molecule has 5 aromatic rings. The number of anilines is 2. The molecule has 0 aromatic heterocycles. The lowest BCUT2D eigenvalue weighted by Crippen LogP contribution is -2.30. The fraction of sp³-hybridized carbons (Fsp3) is 0.122. The van der Waals surface area contributed by atoms with Crippen molar-refractivity contribution in [2.75, 3.05) is 17.2 Å². The summed E-state index contributed by atoms with van der Waals surface area (Å²) in [7, 11) is 0. The van der Waals surface area contributed by atoms with Crippen molar-refractivity contribution in [3.63, 3.8) is 0 Å². The van der Waals surface area contributed by atoms with E-state index in [-0.39, 0.29) is 17.3 Å². The zero-order valence-corrected chi connectivity index (χ0v) is 29.5. The number of carbonyl (C=O) groups excluding carboxylic acids is 4. The molecule has 0 fully saturated rings. The zero-order valence-electron chi connectivity index (χ0n) is 28.7. The molecule has 0 saturated heterocycles. The summed E-state index contributed by atoms with van der Waals surface area (Å²) in [4.78, 5) is 63.7. The van der Waals surface area contributed by atoms with Gasteiger partial charge in [0.05, 0.1) is 17.1 Å². The molecule has 5 rings (SSSR count). The summed E-state index contributed by atoms with van der Waals surface area (Å²) in [6, 6.07) is 36.7. The Labute approximate surface area is 310 Å². The van der Waals surface area contributed by atoms with Crippen molar-refractivity contribution in [2.24, 2.45) is 0 Å². The van der Waals surface area contributed by atoms with Crippen LogP contribution in [0.15, 0.2) is 144 Å². The molecule has 53 heavy (non-hydrogen) atoms. The molecule has 0 radical (unpaired) electrons. The van der Waals surface area contributed by atoms with Gasteiger partial charge in [0.1, 0.15) is 10.9 Å². The smallest absolute Gasteiger partial charge is 0.338 e. The van der Waals surface area contributed by atoms with Crippen LogP contribution >= 0.6 is 11.8 Å². The average molecular weight is 729 g/mol. The van der Waals surface area contributed by atoms with Crippen LogP contribution in [0.3, 0.4) is 0 Å². The Hall–Kier alpha value is -6.53. The van der Waals surface area contributed by atoms with Gasteiger partial charge >= 0.3 is 5.97 Å². The van der Waals surface area contributed by atoms with E-state index in [1.54, 1.807) is 78.9 Å².